The van der Waals surface area contributed by atoms with E-state index in [9.17, 15) is 0 Å². The van der Waals surface area contributed by atoms with Crippen LogP contribution in [0.25, 0.3) is 0 Å². The van der Waals surface area contributed by atoms with Gasteiger partial charge < -0.3 is 14.8 Å². The van der Waals surface area contributed by atoms with Crippen LogP contribution in [-0.2, 0) is 13.1 Å². The molecule has 2 rings (SSSR count). The lowest BCUT2D eigenvalue weighted by Gasteiger charge is -2.26. The third-order valence-electron chi connectivity index (χ3n) is 3.82. The number of aromatic nitrogens is 1. The van der Waals surface area contributed by atoms with Gasteiger partial charge in [0.1, 0.15) is 0 Å². The van der Waals surface area contributed by atoms with E-state index in [1.165, 1.54) is 44.5 Å². The summed E-state index contributed by atoms with van der Waals surface area (Å²) in [6, 6.07) is 2.24. The van der Waals surface area contributed by atoms with Gasteiger partial charge in [0, 0.05) is 32.0 Å². The molecule has 0 spiro atoms. The molecular weight excluding hydrogens is 234 g/mol. The molecule has 0 amide bonds. The molecule has 1 aliphatic rings. The van der Waals surface area contributed by atoms with Gasteiger partial charge in [-0.05, 0) is 50.0 Å². The lowest BCUT2D eigenvalue weighted by atomic mass is 10.1. The van der Waals surface area contributed by atoms with E-state index in [-0.39, 0.29) is 0 Å². The number of rotatable bonds is 7. The minimum absolute atomic E-state index is 0.723. The number of nitrogens with zero attached hydrogens (tertiary/aromatic N) is 2. The summed E-state index contributed by atoms with van der Waals surface area (Å²) in [5.41, 5.74) is 1.40. The molecule has 0 bridgehead atoms. The first kappa shape index (κ1) is 14.6. The Kier molecular flexibility index (Phi) is 5.93. The van der Waals surface area contributed by atoms with Crippen molar-refractivity contribution in [1.29, 1.82) is 0 Å². The molecule has 1 N–H and O–H groups in total. The molecule has 108 valence electrons. The van der Waals surface area contributed by atoms with E-state index in [1.54, 1.807) is 0 Å². The van der Waals surface area contributed by atoms with Crippen molar-refractivity contribution in [1.82, 2.24) is 14.8 Å². The smallest absolute Gasteiger partial charge is 0.0347 e. The Balaban J connectivity index is 1.68. The first-order valence-electron chi connectivity index (χ1n) is 7.82. The number of nitrogens with one attached hydrogen (secondary N) is 1. The van der Waals surface area contributed by atoms with E-state index in [1.807, 2.05) is 0 Å². The molecule has 3 heteroatoms. The summed E-state index contributed by atoms with van der Waals surface area (Å²) in [4.78, 5) is 2.60. The number of hydrogen-bond donors (Lipinski definition) is 1. The van der Waals surface area contributed by atoms with Crippen LogP contribution in [-0.4, -0.2) is 35.6 Å². The average Bonchev–Trinajstić information content (AvgIpc) is 2.85. The molecule has 0 saturated carbocycles. The molecule has 2 heterocycles. The van der Waals surface area contributed by atoms with Crippen LogP contribution in [0.2, 0.25) is 0 Å². The highest BCUT2D eigenvalue weighted by molar-refractivity contribution is 5.09. The summed E-state index contributed by atoms with van der Waals surface area (Å²) in [5.74, 6) is 0.723. The normalized spacial score (nSPS) is 17.2. The second-order valence-corrected chi connectivity index (χ2v) is 6.18. The van der Waals surface area contributed by atoms with Crippen molar-refractivity contribution >= 4 is 0 Å². The fourth-order valence-electron chi connectivity index (χ4n) is 2.68. The topological polar surface area (TPSA) is 20.2 Å². The Morgan fingerprint density at radius 2 is 1.95 bits per heavy atom. The van der Waals surface area contributed by atoms with Crippen molar-refractivity contribution in [2.24, 2.45) is 5.92 Å². The predicted octanol–water partition coefficient (Wildman–Crippen LogP) is 2.72. The molecule has 1 aliphatic heterocycles. The number of hydrogen-bond acceptors (Lipinski definition) is 2. The summed E-state index contributed by atoms with van der Waals surface area (Å²) < 4.78 is 2.33. The van der Waals surface area contributed by atoms with Crippen LogP contribution in [0.15, 0.2) is 18.5 Å². The molecule has 1 saturated heterocycles. The number of likely N-dealkylation sites (tertiary alicyclic amines) is 1. The van der Waals surface area contributed by atoms with Gasteiger partial charge in [-0.1, -0.05) is 20.3 Å². The van der Waals surface area contributed by atoms with Crippen molar-refractivity contribution < 1.29 is 0 Å². The maximum atomic E-state index is 3.50. The van der Waals surface area contributed by atoms with Crippen LogP contribution in [0.4, 0.5) is 0 Å². The zero-order valence-corrected chi connectivity index (χ0v) is 12.6. The highest BCUT2D eigenvalue weighted by Crippen LogP contribution is 2.09. The van der Waals surface area contributed by atoms with E-state index in [2.05, 4.69) is 47.1 Å². The minimum Gasteiger partial charge on any atom is -0.353 e. The van der Waals surface area contributed by atoms with E-state index >= 15 is 0 Å². The quantitative estimate of drug-likeness (QED) is 0.816. The molecule has 19 heavy (non-hydrogen) atoms. The summed E-state index contributed by atoms with van der Waals surface area (Å²) >= 11 is 0. The molecule has 0 radical (unpaired) electrons. The minimum atomic E-state index is 0.723. The second kappa shape index (κ2) is 7.71. The largest absolute Gasteiger partial charge is 0.353 e. The van der Waals surface area contributed by atoms with Crippen LogP contribution in [0, 0.1) is 5.92 Å². The first-order chi connectivity index (χ1) is 9.24. The van der Waals surface area contributed by atoms with Crippen molar-refractivity contribution in [3.8, 4) is 0 Å². The Bertz CT molecular complexity index is 351. The highest BCUT2D eigenvalue weighted by Gasteiger charge is 2.09. The molecule has 0 atom stereocenters. The fraction of sp³-hybridized carbons (Fsp3) is 0.750. The van der Waals surface area contributed by atoms with Gasteiger partial charge in [0.2, 0.25) is 0 Å². The van der Waals surface area contributed by atoms with Crippen LogP contribution >= 0.6 is 0 Å². The molecule has 0 aromatic carbocycles. The van der Waals surface area contributed by atoms with Crippen LogP contribution in [0.5, 0.6) is 0 Å². The van der Waals surface area contributed by atoms with Crippen LogP contribution in [0.1, 0.15) is 38.7 Å². The third-order valence-corrected chi connectivity index (χ3v) is 3.82. The standard InChI is InChI=1S/C16H29N3/c1-15(2)12-17-13-16-6-9-19(14-16)11-10-18-7-4-3-5-8-18/h6,9,14-15,17H,3-5,7-8,10-13H2,1-2H3. The zero-order chi connectivity index (χ0) is 13.5. The second-order valence-electron chi connectivity index (χ2n) is 6.18. The lowest BCUT2D eigenvalue weighted by Crippen LogP contribution is -2.32. The van der Waals surface area contributed by atoms with Gasteiger partial charge in [0.15, 0.2) is 0 Å². The van der Waals surface area contributed by atoms with E-state index < -0.39 is 0 Å². The van der Waals surface area contributed by atoms with Crippen molar-refractivity contribution in [3.63, 3.8) is 0 Å². The molecule has 0 unspecified atom stereocenters. The lowest BCUT2D eigenvalue weighted by molar-refractivity contribution is 0.221. The Morgan fingerprint density at radius 1 is 1.16 bits per heavy atom. The Labute approximate surface area is 118 Å². The number of piperidine rings is 1. The van der Waals surface area contributed by atoms with Gasteiger partial charge in [0.05, 0.1) is 0 Å². The summed E-state index contributed by atoms with van der Waals surface area (Å²) in [6.45, 7) is 11.5. The summed E-state index contributed by atoms with van der Waals surface area (Å²) in [7, 11) is 0. The maximum absolute atomic E-state index is 3.50. The van der Waals surface area contributed by atoms with Gasteiger partial charge in [-0.25, -0.2) is 0 Å². The van der Waals surface area contributed by atoms with Crippen molar-refractivity contribution in [3.05, 3.63) is 24.0 Å². The van der Waals surface area contributed by atoms with Crippen molar-refractivity contribution in [2.45, 2.75) is 46.2 Å². The maximum Gasteiger partial charge on any atom is 0.0347 e. The third kappa shape index (κ3) is 5.37. The van der Waals surface area contributed by atoms with Gasteiger partial charge in [-0.2, -0.15) is 0 Å². The van der Waals surface area contributed by atoms with E-state index in [4.69, 9.17) is 0 Å². The fourth-order valence-corrected chi connectivity index (χ4v) is 2.68. The Morgan fingerprint density at radius 3 is 2.68 bits per heavy atom. The van der Waals surface area contributed by atoms with E-state index in [0.29, 0.717) is 0 Å². The zero-order valence-electron chi connectivity index (χ0n) is 12.6. The molecule has 1 fully saturated rings. The predicted molar refractivity (Wildman–Crippen MR) is 81.3 cm³/mol. The van der Waals surface area contributed by atoms with Gasteiger partial charge in [0.25, 0.3) is 0 Å². The monoisotopic (exact) mass is 263 g/mol. The molecule has 1 aromatic rings. The Hall–Kier alpha value is -0.800. The summed E-state index contributed by atoms with van der Waals surface area (Å²) in [6.07, 6.45) is 8.70. The van der Waals surface area contributed by atoms with Crippen molar-refractivity contribution in [2.75, 3.05) is 26.2 Å². The van der Waals surface area contributed by atoms with Crippen LogP contribution < -0.4 is 5.32 Å². The average molecular weight is 263 g/mol. The molecule has 3 nitrogen and oxygen atoms in total. The SMILES string of the molecule is CC(C)CNCc1ccn(CCN2CCCCC2)c1. The molecule has 1 aromatic heterocycles. The van der Waals surface area contributed by atoms with Gasteiger partial charge in [-0.3, -0.25) is 0 Å². The van der Waals surface area contributed by atoms with Gasteiger partial charge >= 0.3 is 0 Å². The summed E-state index contributed by atoms with van der Waals surface area (Å²) in [5, 5.41) is 3.50. The van der Waals surface area contributed by atoms with Gasteiger partial charge in [-0.15, -0.1) is 0 Å². The van der Waals surface area contributed by atoms with E-state index in [0.717, 1.165) is 25.6 Å². The molecular formula is C16H29N3. The molecule has 0 aliphatic carbocycles. The van der Waals surface area contributed by atoms with Crippen LogP contribution in [0.3, 0.4) is 0 Å². The highest BCUT2D eigenvalue weighted by atomic mass is 15.1. The first-order valence-corrected chi connectivity index (χ1v) is 7.82.